The molecule has 1 aliphatic heterocycles. The number of pyridine rings is 1. The third-order valence-corrected chi connectivity index (χ3v) is 6.24. The Morgan fingerprint density at radius 3 is 2.36 bits per heavy atom. The number of amides is 1. The van der Waals surface area contributed by atoms with Crippen molar-refractivity contribution >= 4 is 15.7 Å². The van der Waals surface area contributed by atoms with Gasteiger partial charge in [0.2, 0.25) is 0 Å². The van der Waals surface area contributed by atoms with Crippen molar-refractivity contribution in [1.82, 2.24) is 9.88 Å². The molecule has 6 nitrogen and oxygen atoms in total. The minimum Gasteiger partial charge on any atom is -0.457 e. The molecule has 33 heavy (non-hydrogen) atoms. The molecule has 0 N–H and O–H groups in total. The second-order valence-electron chi connectivity index (χ2n) is 7.69. The molecule has 1 aliphatic rings. The summed E-state index contributed by atoms with van der Waals surface area (Å²) in [6, 6.07) is 12.5. The fraction of sp³-hybridized carbons (Fsp3) is 0.217. The highest BCUT2D eigenvalue weighted by Crippen LogP contribution is 2.32. The van der Waals surface area contributed by atoms with Crippen LogP contribution in [0, 0.1) is 0 Å². The summed E-state index contributed by atoms with van der Waals surface area (Å²) in [5.41, 5.74) is 1.34. The lowest BCUT2D eigenvalue weighted by molar-refractivity contribution is -0.137. The molecule has 172 valence electrons. The number of carbonyl (C=O) groups excluding carboxylic acids is 1. The Morgan fingerprint density at radius 2 is 1.70 bits per heavy atom. The average molecular weight is 476 g/mol. The van der Waals surface area contributed by atoms with E-state index in [0.717, 1.165) is 29.5 Å². The topological polar surface area (TPSA) is 76.6 Å². The number of benzene rings is 2. The zero-order valence-electron chi connectivity index (χ0n) is 17.5. The van der Waals surface area contributed by atoms with Gasteiger partial charge in [0.25, 0.3) is 5.91 Å². The number of halogens is 3. The van der Waals surface area contributed by atoms with Crippen molar-refractivity contribution in [3.8, 4) is 11.5 Å². The molecule has 3 aromatic rings. The number of sulfone groups is 1. The van der Waals surface area contributed by atoms with E-state index >= 15 is 0 Å². The first-order chi connectivity index (χ1) is 15.5. The van der Waals surface area contributed by atoms with Gasteiger partial charge in [0.05, 0.1) is 5.56 Å². The van der Waals surface area contributed by atoms with E-state index in [4.69, 9.17) is 4.74 Å². The Labute approximate surface area is 188 Å². The van der Waals surface area contributed by atoms with Crippen LogP contribution in [0.15, 0.2) is 65.8 Å². The normalized spacial score (nSPS) is 14.0. The van der Waals surface area contributed by atoms with Crippen LogP contribution in [-0.4, -0.2) is 37.0 Å². The molecule has 0 radical (unpaired) electrons. The molecular weight excluding hydrogens is 457 g/mol. The molecule has 0 fully saturated rings. The zero-order valence-corrected chi connectivity index (χ0v) is 18.3. The van der Waals surface area contributed by atoms with E-state index in [1.807, 2.05) is 6.07 Å². The van der Waals surface area contributed by atoms with Crippen LogP contribution in [0.1, 0.15) is 27.0 Å². The molecule has 0 saturated carbocycles. The Kier molecular flexibility index (Phi) is 5.87. The van der Waals surface area contributed by atoms with E-state index in [9.17, 15) is 26.4 Å². The monoisotopic (exact) mass is 476 g/mol. The Bertz CT molecular complexity index is 1310. The molecule has 0 atom stereocenters. The third-order valence-electron chi connectivity index (χ3n) is 5.26. The fourth-order valence-corrected chi connectivity index (χ4v) is 4.14. The van der Waals surface area contributed by atoms with Crippen LogP contribution in [0.2, 0.25) is 0 Å². The van der Waals surface area contributed by atoms with Gasteiger partial charge in [0.15, 0.2) is 14.9 Å². The maximum absolute atomic E-state index is 13.0. The van der Waals surface area contributed by atoms with Crippen LogP contribution in [0.3, 0.4) is 0 Å². The SMILES string of the molecule is CS(=O)(=O)c1cc(C(=O)N2CCc3ccc(Oc4ccc(C(F)(F)F)cc4)cc3C2)ccn1. The second-order valence-corrected chi connectivity index (χ2v) is 9.65. The highest BCUT2D eigenvalue weighted by molar-refractivity contribution is 7.90. The minimum absolute atomic E-state index is 0.169. The van der Waals surface area contributed by atoms with Crippen LogP contribution in [0.5, 0.6) is 11.5 Å². The number of carbonyl (C=O) groups is 1. The van der Waals surface area contributed by atoms with Crippen LogP contribution >= 0.6 is 0 Å². The molecule has 2 aromatic carbocycles. The van der Waals surface area contributed by atoms with Crippen molar-refractivity contribution in [3.63, 3.8) is 0 Å². The molecule has 10 heteroatoms. The van der Waals surface area contributed by atoms with Gasteiger partial charge >= 0.3 is 6.18 Å². The maximum Gasteiger partial charge on any atom is 0.416 e. The number of hydrogen-bond acceptors (Lipinski definition) is 5. The minimum atomic E-state index is -4.42. The molecule has 0 bridgehead atoms. The van der Waals surface area contributed by atoms with E-state index in [2.05, 4.69) is 4.98 Å². The number of hydrogen-bond donors (Lipinski definition) is 0. The summed E-state index contributed by atoms with van der Waals surface area (Å²) in [6.07, 6.45) is -1.50. The first kappa shape index (κ1) is 22.8. The van der Waals surface area contributed by atoms with E-state index in [-0.39, 0.29) is 28.8 Å². The van der Waals surface area contributed by atoms with Gasteiger partial charge in [-0.3, -0.25) is 4.79 Å². The lowest BCUT2D eigenvalue weighted by Gasteiger charge is -2.29. The molecule has 0 spiro atoms. The van der Waals surface area contributed by atoms with Crippen molar-refractivity contribution in [3.05, 3.63) is 83.0 Å². The quantitative estimate of drug-likeness (QED) is 0.555. The van der Waals surface area contributed by atoms with Crippen LogP contribution < -0.4 is 4.74 Å². The second kappa shape index (κ2) is 8.51. The number of nitrogens with zero attached hydrogens (tertiary/aromatic N) is 2. The smallest absolute Gasteiger partial charge is 0.416 e. The maximum atomic E-state index is 13.0. The summed E-state index contributed by atoms with van der Waals surface area (Å²) in [6.45, 7) is 0.746. The first-order valence-corrected chi connectivity index (χ1v) is 11.8. The van der Waals surface area contributed by atoms with Gasteiger partial charge < -0.3 is 9.64 Å². The van der Waals surface area contributed by atoms with E-state index in [0.29, 0.717) is 18.7 Å². The molecule has 1 amide bonds. The fourth-order valence-electron chi connectivity index (χ4n) is 3.55. The number of ether oxygens (including phenoxy) is 1. The summed E-state index contributed by atoms with van der Waals surface area (Å²) in [5.74, 6) is 0.380. The van der Waals surface area contributed by atoms with Crippen LogP contribution in [0.4, 0.5) is 13.2 Å². The largest absolute Gasteiger partial charge is 0.457 e. The van der Waals surface area contributed by atoms with Gasteiger partial charge in [-0.05, 0) is 66.1 Å². The van der Waals surface area contributed by atoms with Gasteiger partial charge in [-0.25, -0.2) is 13.4 Å². The lowest BCUT2D eigenvalue weighted by atomic mass is 9.99. The predicted octanol–water partition coefficient (Wildman–Crippen LogP) is 4.49. The number of alkyl halides is 3. The summed E-state index contributed by atoms with van der Waals surface area (Å²) in [7, 11) is -3.55. The molecule has 0 unspecified atom stereocenters. The number of aromatic nitrogens is 1. The molecule has 4 rings (SSSR count). The van der Waals surface area contributed by atoms with Crippen molar-refractivity contribution in [2.75, 3.05) is 12.8 Å². The van der Waals surface area contributed by atoms with E-state index in [1.54, 1.807) is 17.0 Å². The van der Waals surface area contributed by atoms with E-state index < -0.39 is 21.6 Å². The zero-order chi connectivity index (χ0) is 23.8. The van der Waals surface area contributed by atoms with Crippen molar-refractivity contribution in [2.45, 2.75) is 24.2 Å². The Balaban J connectivity index is 1.51. The van der Waals surface area contributed by atoms with Gasteiger partial charge in [-0.15, -0.1) is 0 Å². The van der Waals surface area contributed by atoms with Gasteiger partial charge in [-0.1, -0.05) is 6.07 Å². The summed E-state index contributed by atoms with van der Waals surface area (Å²) < 4.78 is 67.4. The Morgan fingerprint density at radius 1 is 1.00 bits per heavy atom. The highest BCUT2D eigenvalue weighted by Gasteiger charge is 2.30. The van der Waals surface area contributed by atoms with Gasteiger partial charge in [0, 0.05) is 31.1 Å². The van der Waals surface area contributed by atoms with Crippen molar-refractivity contribution in [1.29, 1.82) is 0 Å². The van der Waals surface area contributed by atoms with E-state index in [1.165, 1.54) is 30.5 Å². The summed E-state index contributed by atoms with van der Waals surface area (Å²) >= 11 is 0. The lowest BCUT2D eigenvalue weighted by Crippen LogP contribution is -2.36. The highest BCUT2D eigenvalue weighted by atomic mass is 32.2. The summed E-state index contributed by atoms with van der Waals surface area (Å²) in [5, 5.41) is -0.169. The molecule has 2 heterocycles. The standard InChI is InChI=1S/C23H19F3N2O4S/c1-33(30,31)21-13-16(8-10-27-21)22(29)28-11-9-15-2-5-20(12-17(15)14-28)32-19-6-3-18(4-7-19)23(24,25)26/h2-8,10,12-13H,9,11,14H2,1H3. The van der Waals surface area contributed by atoms with Crippen LogP contribution in [0.25, 0.3) is 0 Å². The van der Waals surface area contributed by atoms with Gasteiger partial charge in [-0.2, -0.15) is 13.2 Å². The van der Waals surface area contributed by atoms with Crippen LogP contribution in [-0.2, 0) is 29.0 Å². The molecule has 0 aliphatic carbocycles. The summed E-state index contributed by atoms with van der Waals surface area (Å²) in [4.78, 5) is 18.4. The third kappa shape index (κ3) is 5.16. The average Bonchev–Trinajstić information content (AvgIpc) is 2.77. The van der Waals surface area contributed by atoms with Crippen molar-refractivity contribution < 1.29 is 31.1 Å². The number of fused-ring (bicyclic) bond motifs is 1. The molecular formula is C23H19F3N2O4S. The number of rotatable bonds is 4. The van der Waals surface area contributed by atoms with Crippen molar-refractivity contribution in [2.24, 2.45) is 0 Å². The van der Waals surface area contributed by atoms with Gasteiger partial charge in [0.1, 0.15) is 11.5 Å². The molecule has 0 saturated heterocycles. The Hall–Kier alpha value is -3.40. The molecule has 1 aromatic heterocycles. The first-order valence-electron chi connectivity index (χ1n) is 9.93. The predicted molar refractivity (Wildman–Crippen MR) is 114 cm³/mol.